The first-order chi connectivity index (χ1) is 10.8. The molecule has 6 N–H and O–H groups in total. The van der Waals surface area contributed by atoms with Crippen molar-refractivity contribution < 1.29 is 29.7 Å². The van der Waals surface area contributed by atoms with Crippen molar-refractivity contribution in [3.63, 3.8) is 0 Å². The van der Waals surface area contributed by atoms with Gasteiger partial charge in [-0.25, -0.2) is 4.98 Å². The summed E-state index contributed by atoms with van der Waals surface area (Å²) in [5, 5.41) is 32.2. The van der Waals surface area contributed by atoms with Gasteiger partial charge < -0.3 is 25.6 Å². The quantitative estimate of drug-likeness (QED) is 0.296. The summed E-state index contributed by atoms with van der Waals surface area (Å²) in [6.07, 6.45) is 3.16. The van der Waals surface area contributed by atoms with Crippen LogP contribution in [0.15, 0.2) is 12.5 Å². The molecule has 1 heterocycles. The maximum atomic E-state index is 11.2. The molecule has 23 heavy (non-hydrogen) atoms. The van der Waals surface area contributed by atoms with Crippen LogP contribution in [0.2, 0.25) is 0 Å². The predicted molar refractivity (Wildman–Crippen MR) is 78.0 cm³/mol. The first kappa shape index (κ1) is 18.6. The van der Waals surface area contributed by atoms with E-state index in [1.807, 2.05) is 0 Å². The lowest BCUT2D eigenvalue weighted by atomic mass is 10.1. The number of nitrogens with one attached hydrogen (secondary N) is 3. The van der Waals surface area contributed by atoms with E-state index < -0.39 is 36.0 Å². The van der Waals surface area contributed by atoms with E-state index in [0.29, 0.717) is 5.69 Å². The molecule has 0 unspecified atom stereocenters. The standard InChI is InChI=1S/C13H20N4O6/c1-7(11(18)19)17-9(12(20)21)2-3-15-10(13(22)23)4-8-5-14-6-16-8/h5-7,9-10,15,17H,2-4H2,1H3,(H,14,16)(H,18,19)(H,20,21)(H,22,23)/t7-,9-,10-/m0/s1. The molecule has 1 aromatic rings. The van der Waals surface area contributed by atoms with Crippen molar-refractivity contribution in [1.29, 1.82) is 0 Å². The molecule has 0 aliphatic heterocycles. The minimum Gasteiger partial charge on any atom is -0.480 e. The van der Waals surface area contributed by atoms with Gasteiger partial charge in [-0.2, -0.15) is 0 Å². The van der Waals surface area contributed by atoms with Crippen LogP contribution in [0.1, 0.15) is 19.0 Å². The van der Waals surface area contributed by atoms with Crippen LogP contribution in [0, 0.1) is 0 Å². The predicted octanol–water partition coefficient (Wildman–Crippen LogP) is -1.10. The van der Waals surface area contributed by atoms with Crippen molar-refractivity contribution in [3.05, 3.63) is 18.2 Å². The highest BCUT2D eigenvalue weighted by molar-refractivity contribution is 5.77. The molecule has 0 aliphatic carbocycles. The van der Waals surface area contributed by atoms with E-state index >= 15 is 0 Å². The van der Waals surface area contributed by atoms with Crippen LogP contribution < -0.4 is 10.6 Å². The number of hydrogen-bond acceptors (Lipinski definition) is 6. The first-order valence-corrected chi connectivity index (χ1v) is 6.96. The van der Waals surface area contributed by atoms with Crippen LogP contribution in [0.5, 0.6) is 0 Å². The van der Waals surface area contributed by atoms with Gasteiger partial charge in [0.1, 0.15) is 18.1 Å². The topological polar surface area (TPSA) is 165 Å². The van der Waals surface area contributed by atoms with Crippen LogP contribution in [-0.2, 0) is 20.8 Å². The van der Waals surface area contributed by atoms with Crippen molar-refractivity contribution in [2.24, 2.45) is 0 Å². The molecule has 0 aliphatic rings. The Morgan fingerprint density at radius 2 is 1.83 bits per heavy atom. The fourth-order valence-electron chi connectivity index (χ4n) is 1.92. The molecule has 1 rings (SSSR count). The third-order valence-corrected chi connectivity index (χ3v) is 3.22. The summed E-state index contributed by atoms with van der Waals surface area (Å²) < 4.78 is 0. The number of aliphatic carboxylic acids is 3. The average molecular weight is 328 g/mol. The summed E-state index contributed by atoms with van der Waals surface area (Å²) >= 11 is 0. The van der Waals surface area contributed by atoms with Gasteiger partial charge in [0.15, 0.2) is 0 Å². The van der Waals surface area contributed by atoms with E-state index in [4.69, 9.17) is 15.3 Å². The van der Waals surface area contributed by atoms with Crippen molar-refractivity contribution in [3.8, 4) is 0 Å². The van der Waals surface area contributed by atoms with E-state index in [9.17, 15) is 14.4 Å². The Bertz CT molecular complexity index is 533. The summed E-state index contributed by atoms with van der Waals surface area (Å²) in [4.78, 5) is 39.6. The number of carboxylic acid groups (broad SMARTS) is 3. The Kier molecular flexibility index (Phi) is 7.16. The molecule has 0 bridgehead atoms. The van der Waals surface area contributed by atoms with E-state index in [-0.39, 0.29) is 19.4 Å². The normalized spacial score (nSPS) is 14.8. The first-order valence-electron chi connectivity index (χ1n) is 6.96. The minimum absolute atomic E-state index is 0.0414. The van der Waals surface area contributed by atoms with Gasteiger partial charge in [-0.3, -0.25) is 19.7 Å². The number of hydrogen-bond donors (Lipinski definition) is 6. The summed E-state index contributed by atoms with van der Waals surface area (Å²) in [6, 6.07) is -3.01. The number of aromatic nitrogens is 2. The van der Waals surface area contributed by atoms with E-state index in [2.05, 4.69) is 20.6 Å². The highest BCUT2D eigenvalue weighted by Crippen LogP contribution is 2.01. The fourth-order valence-corrected chi connectivity index (χ4v) is 1.92. The number of nitrogens with zero attached hydrogens (tertiary/aromatic N) is 1. The molecule has 1 aromatic heterocycles. The van der Waals surface area contributed by atoms with Gasteiger partial charge in [0.05, 0.1) is 6.33 Å². The van der Waals surface area contributed by atoms with Crippen molar-refractivity contribution in [2.75, 3.05) is 6.54 Å². The van der Waals surface area contributed by atoms with Gasteiger partial charge in [-0.15, -0.1) is 0 Å². The van der Waals surface area contributed by atoms with Crippen LogP contribution in [0.3, 0.4) is 0 Å². The van der Waals surface area contributed by atoms with Gasteiger partial charge in [0, 0.05) is 18.3 Å². The maximum absolute atomic E-state index is 11.2. The third kappa shape index (κ3) is 6.45. The monoisotopic (exact) mass is 328 g/mol. The second kappa shape index (κ2) is 8.86. The number of aromatic amines is 1. The summed E-state index contributed by atoms with van der Waals surface area (Å²) in [7, 11) is 0. The number of imidazole rings is 1. The molecule has 0 saturated heterocycles. The summed E-state index contributed by atoms with van der Waals surface area (Å²) in [5.41, 5.74) is 0.636. The van der Waals surface area contributed by atoms with Gasteiger partial charge in [-0.1, -0.05) is 0 Å². The maximum Gasteiger partial charge on any atom is 0.321 e. The van der Waals surface area contributed by atoms with Crippen LogP contribution in [0.4, 0.5) is 0 Å². The Morgan fingerprint density at radius 1 is 1.17 bits per heavy atom. The molecule has 10 heteroatoms. The molecule has 0 radical (unpaired) electrons. The van der Waals surface area contributed by atoms with Gasteiger partial charge in [0.25, 0.3) is 0 Å². The smallest absolute Gasteiger partial charge is 0.321 e. The molecule has 0 fully saturated rings. The number of rotatable bonds is 11. The number of carboxylic acids is 3. The van der Waals surface area contributed by atoms with Gasteiger partial charge >= 0.3 is 17.9 Å². The van der Waals surface area contributed by atoms with E-state index in [1.54, 1.807) is 0 Å². The largest absolute Gasteiger partial charge is 0.480 e. The van der Waals surface area contributed by atoms with Crippen molar-refractivity contribution >= 4 is 17.9 Å². The number of H-pyrrole nitrogens is 1. The SMILES string of the molecule is C[C@H](N[C@@H](CCN[C@@H](Cc1cnc[nH]1)C(=O)O)C(=O)O)C(=O)O. The Labute approximate surface area is 131 Å². The van der Waals surface area contributed by atoms with Gasteiger partial charge in [-0.05, 0) is 19.9 Å². The average Bonchev–Trinajstić information content (AvgIpc) is 2.97. The Balaban J connectivity index is 2.50. The highest BCUT2D eigenvalue weighted by atomic mass is 16.4. The van der Waals surface area contributed by atoms with Crippen molar-refractivity contribution in [1.82, 2.24) is 20.6 Å². The zero-order valence-electron chi connectivity index (χ0n) is 12.5. The Hall–Kier alpha value is -2.46. The molecule has 0 spiro atoms. The molecular weight excluding hydrogens is 308 g/mol. The zero-order chi connectivity index (χ0) is 17.4. The fraction of sp³-hybridized carbons (Fsp3) is 0.538. The molecule has 128 valence electrons. The molecule has 0 amide bonds. The van der Waals surface area contributed by atoms with E-state index in [0.717, 1.165) is 0 Å². The third-order valence-electron chi connectivity index (χ3n) is 3.22. The Morgan fingerprint density at radius 3 is 2.30 bits per heavy atom. The zero-order valence-corrected chi connectivity index (χ0v) is 12.5. The highest BCUT2D eigenvalue weighted by Gasteiger charge is 2.24. The molecule has 3 atom stereocenters. The van der Waals surface area contributed by atoms with Crippen LogP contribution in [-0.4, -0.2) is 67.9 Å². The minimum atomic E-state index is -1.19. The second-order valence-electron chi connectivity index (χ2n) is 5.03. The lowest BCUT2D eigenvalue weighted by Crippen LogP contribution is -2.48. The molecule has 0 saturated carbocycles. The molecular formula is C13H20N4O6. The lowest BCUT2D eigenvalue weighted by Gasteiger charge is -2.19. The van der Waals surface area contributed by atoms with E-state index in [1.165, 1.54) is 19.4 Å². The van der Waals surface area contributed by atoms with Crippen LogP contribution >= 0.6 is 0 Å². The van der Waals surface area contributed by atoms with Crippen LogP contribution in [0.25, 0.3) is 0 Å². The summed E-state index contributed by atoms with van der Waals surface area (Å²) in [5.74, 6) is -3.43. The number of carbonyl (C=O) groups is 3. The van der Waals surface area contributed by atoms with Crippen molar-refractivity contribution in [2.45, 2.75) is 37.9 Å². The van der Waals surface area contributed by atoms with Gasteiger partial charge in [0.2, 0.25) is 0 Å². The lowest BCUT2D eigenvalue weighted by molar-refractivity contribution is -0.142. The summed E-state index contributed by atoms with van der Waals surface area (Å²) in [6.45, 7) is 1.44. The molecule has 0 aromatic carbocycles. The second-order valence-corrected chi connectivity index (χ2v) is 5.03. The molecule has 10 nitrogen and oxygen atoms in total.